The standard InChI is InChI=1S/C26H22N2O3/c1-31-21-10-7-18(8-11-21)25(29)27-20-4-2-3-16(13-20)14-23-22-15-19(17-5-6-17)9-12-24(22)28-26(23)30/h2-4,7-15,17H,5-6H2,1H3,(H,27,29)(H,28,30)/b23-14-. The molecule has 3 aromatic rings. The molecular formula is C26H22N2O3. The summed E-state index contributed by atoms with van der Waals surface area (Å²) >= 11 is 0. The molecule has 0 atom stereocenters. The van der Waals surface area contributed by atoms with Gasteiger partial charge in [-0.25, -0.2) is 0 Å². The van der Waals surface area contributed by atoms with E-state index >= 15 is 0 Å². The topological polar surface area (TPSA) is 67.4 Å². The molecule has 154 valence electrons. The van der Waals surface area contributed by atoms with E-state index in [2.05, 4.69) is 22.8 Å². The minimum atomic E-state index is -0.203. The number of rotatable bonds is 5. The number of hydrogen-bond donors (Lipinski definition) is 2. The summed E-state index contributed by atoms with van der Waals surface area (Å²) in [5.74, 6) is 1.02. The molecule has 5 nitrogen and oxygen atoms in total. The summed E-state index contributed by atoms with van der Waals surface area (Å²) in [5, 5.41) is 5.86. The fraction of sp³-hybridized carbons (Fsp3) is 0.154. The lowest BCUT2D eigenvalue weighted by molar-refractivity contribution is -0.110. The van der Waals surface area contributed by atoms with Crippen molar-refractivity contribution in [3.05, 3.63) is 89.0 Å². The zero-order valence-corrected chi connectivity index (χ0v) is 17.1. The maximum Gasteiger partial charge on any atom is 0.256 e. The van der Waals surface area contributed by atoms with Crippen LogP contribution in [0.15, 0.2) is 66.7 Å². The predicted molar refractivity (Wildman–Crippen MR) is 122 cm³/mol. The van der Waals surface area contributed by atoms with Crippen molar-refractivity contribution >= 4 is 34.8 Å². The molecule has 1 heterocycles. The highest BCUT2D eigenvalue weighted by molar-refractivity contribution is 6.35. The quantitative estimate of drug-likeness (QED) is 0.560. The Balaban J connectivity index is 1.39. The number of carbonyl (C=O) groups is 2. The second kappa shape index (κ2) is 7.76. The predicted octanol–water partition coefficient (Wildman–Crippen LogP) is 5.32. The van der Waals surface area contributed by atoms with Crippen LogP contribution in [0, 0.1) is 0 Å². The lowest BCUT2D eigenvalue weighted by atomic mass is 10.00. The second-order valence-electron chi connectivity index (χ2n) is 7.90. The first-order chi connectivity index (χ1) is 15.1. The fourth-order valence-electron chi connectivity index (χ4n) is 3.84. The van der Waals surface area contributed by atoms with Gasteiger partial charge in [0.2, 0.25) is 0 Å². The normalized spacial score (nSPS) is 16.0. The second-order valence-corrected chi connectivity index (χ2v) is 7.90. The largest absolute Gasteiger partial charge is 0.497 e. The highest BCUT2D eigenvalue weighted by atomic mass is 16.5. The molecule has 5 rings (SSSR count). The van der Waals surface area contributed by atoms with Gasteiger partial charge in [0.05, 0.1) is 7.11 Å². The molecular weight excluding hydrogens is 388 g/mol. The van der Waals surface area contributed by atoms with Crippen molar-refractivity contribution in [3.63, 3.8) is 0 Å². The molecule has 0 radical (unpaired) electrons. The third-order valence-corrected chi connectivity index (χ3v) is 5.68. The van der Waals surface area contributed by atoms with Crippen LogP contribution in [0.4, 0.5) is 11.4 Å². The van der Waals surface area contributed by atoms with Crippen LogP contribution in [0.2, 0.25) is 0 Å². The summed E-state index contributed by atoms with van der Waals surface area (Å²) in [4.78, 5) is 25.1. The van der Waals surface area contributed by atoms with Gasteiger partial charge in [-0.1, -0.05) is 18.2 Å². The van der Waals surface area contributed by atoms with Crippen molar-refractivity contribution in [1.29, 1.82) is 0 Å². The summed E-state index contributed by atoms with van der Waals surface area (Å²) in [7, 11) is 1.59. The Kier molecular flexibility index (Phi) is 4.79. The van der Waals surface area contributed by atoms with E-state index in [9.17, 15) is 9.59 Å². The van der Waals surface area contributed by atoms with Gasteiger partial charge in [0.25, 0.3) is 11.8 Å². The average molecular weight is 410 g/mol. The summed E-state index contributed by atoms with van der Waals surface area (Å²) in [5.41, 5.74) is 5.80. The van der Waals surface area contributed by atoms with Crippen LogP contribution in [0.3, 0.4) is 0 Å². The average Bonchev–Trinajstić information content (AvgIpc) is 3.59. The molecule has 2 amide bonds. The lowest BCUT2D eigenvalue weighted by Crippen LogP contribution is -2.11. The summed E-state index contributed by atoms with van der Waals surface area (Å²) in [6.07, 6.45) is 4.31. The number of methoxy groups -OCH3 is 1. The molecule has 5 heteroatoms. The number of fused-ring (bicyclic) bond motifs is 1. The number of hydrogen-bond acceptors (Lipinski definition) is 3. The zero-order valence-electron chi connectivity index (χ0n) is 17.1. The molecule has 31 heavy (non-hydrogen) atoms. The number of nitrogens with one attached hydrogen (secondary N) is 2. The fourth-order valence-corrected chi connectivity index (χ4v) is 3.84. The van der Waals surface area contributed by atoms with E-state index in [1.54, 1.807) is 31.4 Å². The molecule has 1 aliphatic heterocycles. The van der Waals surface area contributed by atoms with E-state index < -0.39 is 0 Å². The molecule has 0 unspecified atom stereocenters. The summed E-state index contributed by atoms with van der Waals surface area (Å²) < 4.78 is 5.13. The van der Waals surface area contributed by atoms with Crippen LogP contribution >= 0.6 is 0 Å². The van der Waals surface area contributed by atoms with Crippen molar-refractivity contribution in [2.45, 2.75) is 18.8 Å². The minimum Gasteiger partial charge on any atom is -0.497 e. The van der Waals surface area contributed by atoms with Crippen LogP contribution in [0.25, 0.3) is 11.6 Å². The monoisotopic (exact) mass is 410 g/mol. The Morgan fingerprint density at radius 3 is 2.61 bits per heavy atom. The summed E-state index contributed by atoms with van der Waals surface area (Å²) in [6.45, 7) is 0. The zero-order chi connectivity index (χ0) is 21.4. The third kappa shape index (κ3) is 3.94. The van der Waals surface area contributed by atoms with E-state index in [-0.39, 0.29) is 11.8 Å². The first-order valence-electron chi connectivity index (χ1n) is 10.3. The molecule has 1 aliphatic carbocycles. The number of ether oxygens (including phenoxy) is 1. The molecule has 0 bridgehead atoms. The Morgan fingerprint density at radius 1 is 1.06 bits per heavy atom. The van der Waals surface area contributed by atoms with E-state index in [0.29, 0.717) is 28.5 Å². The first kappa shape index (κ1) is 19.1. The van der Waals surface area contributed by atoms with Crippen molar-refractivity contribution in [3.8, 4) is 5.75 Å². The van der Waals surface area contributed by atoms with Crippen LogP contribution in [0.5, 0.6) is 5.75 Å². The molecule has 0 saturated heterocycles. The molecule has 1 fully saturated rings. The van der Waals surface area contributed by atoms with Crippen molar-refractivity contribution in [1.82, 2.24) is 0 Å². The minimum absolute atomic E-state index is 0.101. The van der Waals surface area contributed by atoms with Gasteiger partial charge in [0.15, 0.2) is 0 Å². The smallest absolute Gasteiger partial charge is 0.256 e. The summed E-state index contributed by atoms with van der Waals surface area (Å²) in [6, 6.07) is 20.7. The van der Waals surface area contributed by atoms with Gasteiger partial charge in [-0.3, -0.25) is 9.59 Å². The Labute approximate surface area is 180 Å². The Hall–Kier alpha value is -3.86. The number of anilines is 2. The van der Waals surface area contributed by atoms with Gasteiger partial charge < -0.3 is 15.4 Å². The maximum atomic E-state index is 12.6. The van der Waals surface area contributed by atoms with Crippen molar-refractivity contribution in [2.24, 2.45) is 0 Å². The van der Waals surface area contributed by atoms with Crippen LogP contribution in [-0.2, 0) is 4.79 Å². The van der Waals surface area contributed by atoms with Crippen molar-refractivity contribution < 1.29 is 14.3 Å². The molecule has 3 aromatic carbocycles. The van der Waals surface area contributed by atoms with Crippen molar-refractivity contribution in [2.75, 3.05) is 17.7 Å². The molecule has 2 N–H and O–H groups in total. The molecule has 2 aliphatic rings. The van der Waals surface area contributed by atoms with Gasteiger partial charge in [-0.2, -0.15) is 0 Å². The van der Waals surface area contributed by atoms with E-state index in [1.165, 1.54) is 18.4 Å². The Morgan fingerprint density at radius 2 is 1.87 bits per heavy atom. The Bertz CT molecular complexity index is 1210. The van der Waals surface area contributed by atoms with Crippen LogP contribution in [0.1, 0.15) is 45.8 Å². The van der Waals surface area contributed by atoms with Crippen LogP contribution in [-0.4, -0.2) is 18.9 Å². The number of carbonyl (C=O) groups excluding carboxylic acids is 2. The van der Waals surface area contributed by atoms with E-state index in [1.807, 2.05) is 36.4 Å². The molecule has 0 aromatic heterocycles. The van der Waals surface area contributed by atoms with Gasteiger partial charge in [0.1, 0.15) is 5.75 Å². The number of benzene rings is 3. The highest BCUT2D eigenvalue weighted by Crippen LogP contribution is 2.43. The van der Waals surface area contributed by atoms with Gasteiger partial charge in [-0.15, -0.1) is 0 Å². The molecule has 1 saturated carbocycles. The third-order valence-electron chi connectivity index (χ3n) is 5.68. The van der Waals surface area contributed by atoms with E-state index in [4.69, 9.17) is 4.74 Å². The first-order valence-corrected chi connectivity index (χ1v) is 10.3. The molecule has 0 spiro atoms. The van der Waals surface area contributed by atoms with Gasteiger partial charge in [-0.05, 0) is 84.5 Å². The van der Waals surface area contributed by atoms with Gasteiger partial charge >= 0.3 is 0 Å². The number of amides is 2. The maximum absolute atomic E-state index is 12.6. The van der Waals surface area contributed by atoms with Gasteiger partial charge in [0, 0.05) is 28.1 Å². The lowest BCUT2D eigenvalue weighted by Gasteiger charge is -2.07. The highest BCUT2D eigenvalue weighted by Gasteiger charge is 2.28. The van der Waals surface area contributed by atoms with E-state index in [0.717, 1.165) is 16.8 Å². The van der Waals surface area contributed by atoms with Crippen LogP contribution < -0.4 is 15.4 Å². The SMILES string of the molecule is COc1ccc(C(=O)Nc2cccc(/C=C3\C(=O)Nc4ccc(C5CC5)cc43)c2)cc1.